The fraction of sp³-hybridized carbons (Fsp3) is 0.294. The molecule has 2 atom stereocenters. The zero-order valence-electron chi connectivity index (χ0n) is 26.9. The largest absolute Gasteiger partial charge is 0.448 e. The number of nitrogens with zero attached hydrogens (tertiary/aromatic N) is 3. The topological polar surface area (TPSA) is 155 Å². The lowest BCUT2D eigenvalue weighted by molar-refractivity contribution is -0.137. The molecule has 0 unspecified atom stereocenters. The third kappa shape index (κ3) is 8.35. The van der Waals surface area contributed by atoms with Crippen LogP contribution in [-0.2, 0) is 30.9 Å². The Bertz CT molecular complexity index is 1960. The van der Waals surface area contributed by atoms with E-state index in [1.807, 2.05) is 0 Å². The average Bonchev–Trinajstić information content (AvgIpc) is 3.88. The quantitative estimate of drug-likeness (QED) is 0.130. The van der Waals surface area contributed by atoms with Crippen molar-refractivity contribution in [2.24, 2.45) is 4.36 Å². The highest BCUT2D eigenvalue weighted by Gasteiger charge is 2.51. The molecule has 11 nitrogen and oxygen atoms in total. The molecule has 1 aliphatic rings. The monoisotopic (exact) mass is 696 g/mol. The normalized spacial score (nSPS) is 15.3. The van der Waals surface area contributed by atoms with E-state index in [9.17, 15) is 32.1 Å². The molecule has 4 aromatic rings. The predicted octanol–water partition coefficient (Wildman–Crippen LogP) is 6.98. The van der Waals surface area contributed by atoms with E-state index in [1.54, 1.807) is 74.6 Å². The van der Waals surface area contributed by atoms with Crippen molar-refractivity contribution in [3.63, 3.8) is 0 Å². The van der Waals surface area contributed by atoms with Crippen LogP contribution < -0.4 is 16.0 Å². The molecule has 49 heavy (non-hydrogen) atoms. The van der Waals surface area contributed by atoms with Crippen LogP contribution in [0.3, 0.4) is 0 Å². The number of nitrogens with one attached hydrogen (secondary N) is 3. The van der Waals surface area contributed by atoms with Gasteiger partial charge in [0.05, 0.1) is 33.9 Å². The van der Waals surface area contributed by atoms with Gasteiger partial charge in [-0.05, 0) is 80.3 Å². The first-order valence-corrected chi connectivity index (χ1v) is 17.3. The van der Waals surface area contributed by atoms with Crippen LogP contribution >= 0.6 is 0 Å². The molecular weight excluding hydrogens is 661 g/mol. The van der Waals surface area contributed by atoms with Gasteiger partial charge in [-0.1, -0.05) is 30.3 Å². The van der Waals surface area contributed by atoms with E-state index in [1.165, 1.54) is 12.3 Å². The summed E-state index contributed by atoms with van der Waals surface area (Å²) in [6, 6.07) is 17.8. The van der Waals surface area contributed by atoms with Crippen LogP contribution in [0.2, 0.25) is 0 Å². The van der Waals surface area contributed by atoms with Crippen molar-refractivity contribution in [1.82, 2.24) is 9.97 Å². The van der Waals surface area contributed by atoms with E-state index >= 15 is 0 Å². The molecule has 0 spiro atoms. The summed E-state index contributed by atoms with van der Waals surface area (Å²) < 4.78 is 61.2. The van der Waals surface area contributed by atoms with Crippen LogP contribution in [0, 0.1) is 0 Å². The van der Waals surface area contributed by atoms with Crippen LogP contribution in [0.5, 0.6) is 0 Å². The zero-order valence-corrected chi connectivity index (χ0v) is 27.7. The number of benzene rings is 3. The fourth-order valence-electron chi connectivity index (χ4n) is 5.06. The van der Waals surface area contributed by atoms with Crippen molar-refractivity contribution in [2.75, 3.05) is 35.4 Å². The molecule has 1 fully saturated rings. The molecule has 4 N–H and O–H groups in total. The maximum Gasteiger partial charge on any atom is 0.442 e. The summed E-state index contributed by atoms with van der Waals surface area (Å²) in [7, 11) is -3.02. The van der Waals surface area contributed by atoms with Gasteiger partial charge in [0.15, 0.2) is 0 Å². The Morgan fingerprint density at radius 1 is 1.06 bits per heavy atom. The molecule has 258 valence electrons. The summed E-state index contributed by atoms with van der Waals surface area (Å²) in [6.45, 7) is 3.36. The molecule has 0 saturated heterocycles. The number of aliphatic hydroxyl groups is 1. The minimum absolute atomic E-state index is 0.118. The van der Waals surface area contributed by atoms with Crippen molar-refractivity contribution in [1.29, 1.82) is 0 Å². The highest BCUT2D eigenvalue weighted by molar-refractivity contribution is 7.93. The van der Waals surface area contributed by atoms with Gasteiger partial charge in [0.2, 0.25) is 11.9 Å². The lowest BCUT2D eigenvalue weighted by Gasteiger charge is -2.18. The number of anilines is 4. The Balaban J connectivity index is 1.32. The third-order valence-electron chi connectivity index (χ3n) is 7.89. The maximum absolute atomic E-state index is 13.3. The number of hydrogen-bond acceptors (Lipinski definition) is 9. The zero-order chi connectivity index (χ0) is 35.4. The average molecular weight is 697 g/mol. The van der Waals surface area contributed by atoms with Gasteiger partial charge in [0, 0.05) is 40.3 Å². The Morgan fingerprint density at radius 3 is 2.35 bits per heavy atom. The van der Waals surface area contributed by atoms with Gasteiger partial charge in [-0.3, -0.25) is 4.79 Å². The van der Waals surface area contributed by atoms with Crippen molar-refractivity contribution < 1.29 is 36.8 Å². The molecule has 2 amide bonds. The first-order chi connectivity index (χ1) is 23.2. The molecule has 1 heterocycles. The Morgan fingerprint density at radius 2 is 1.73 bits per heavy atom. The number of carbonyl (C=O) groups is 2. The molecule has 1 saturated carbocycles. The first-order valence-electron chi connectivity index (χ1n) is 15.3. The van der Waals surface area contributed by atoms with Crippen LogP contribution in [0.15, 0.2) is 88.3 Å². The number of alkyl halides is 3. The Kier molecular flexibility index (Phi) is 10.2. The summed E-state index contributed by atoms with van der Waals surface area (Å²) in [6.07, 6.45) is -1.57. The van der Waals surface area contributed by atoms with E-state index in [2.05, 4.69) is 30.3 Å². The van der Waals surface area contributed by atoms with E-state index in [0.29, 0.717) is 51.6 Å². The number of aromatic nitrogens is 2. The summed E-state index contributed by atoms with van der Waals surface area (Å²) in [5, 5.41) is 18.8. The Labute approximate surface area is 281 Å². The highest BCUT2D eigenvalue weighted by Crippen LogP contribution is 2.50. The number of amides is 2. The van der Waals surface area contributed by atoms with Crippen molar-refractivity contribution in [2.45, 2.75) is 49.2 Å². The number of halogens is 3. The summed E-state index contributed by atoms with van der Waals surface area (Å²) in [5.74, 6) is 0.268. The predicted molar refractivity (Wildman–Crippen MR) is 180 cm³/mol. The second kappa shape index (κ2) is 14.2. The minimum atomic E-state index is -4.50. The number of hydrogen-bond donors (Lipinski definition) is 4. The summed E-state index contributed by atoms with van der Waals surface area (Å²) in [4.78, 5) is 34.3. The molecular formula is C34H35F3N6O5S. The molecule has 15 heteroatoms. The molecule has 3 aromatic carbocycles. The lowest BCUT2D eigenvalue weighted by atomic mass is 9.93. The van der Waals surface area contributed by atoms with Gasteiger partial charge >= 0.3 is 12.3 Å². The number of rotatable bonds is 11. The molecule has 1 aromatic heterocycles. The Hall–Kier alpha value is -5.02. The second-order valence-corrected chi connectivity index (χ2v) is 13.9. The third-order valence-corrected chi connectivity index (χ3v) is 9.54. The highest BCUT2D eigenvalue weighted by atomic mass is 32.2. The van der Waals surface area contributed by atoms with Gasteiger partial charge in [0.25, 0.3) is 0 Å². The van der Waals surface area contributed by atoms with Crippen molar-refractivity contribution in [3.05, 3.63) is 90.1 Å². The number of aliphatic hydroxyl groups excluding tert-OH is 1. The first kappa shape index (κ1) is 35.3. The molecule has 0 radical (unpaired) electrons. The fourth-order valence-corrected chi connectivity index (χ4v) is 6.14. The standard InChI is InChI=1S/C34H35F3N6O5S/c1-4-48-32(46)43-49(3,47)27-14-12-26(13-15-27)41-31-38-19-28(29(42-31)39-21(2)20-44)22-8-10-25(11-9-22)40-30(45)33(16-17-33)23-6-5-7-24(18-23)34(35,36)37/h5-15,18-19,21,44H,4,16-17,20H2,1-3H3,(H,40,45)(H2,38,39,41,42)/t21-,49+/m1/s1. The molecule has 1 aliphatic carbocycles. The van der Waals surface area contributed by atoms with Crippen LogP contribution in [0.4, 0.5) is 41.1 Å². The molecule has 0 aliphatic heterocycles. The van der Waals surface area contributed by atoms with Crippen molar-refractivity contribution >= 4 is 44.9 Å². The SMILES string of the molecule is CCOC(=O)N=[S@@](C)(=O)c1ccc(Nc2ncc(-c3ccc(NC(=O)C4(c5cccc(C(F)(F)F)c5)CC4)cc3)c(N[C@H](C)CO)n2)cc1. The minimum Gasteiger partial charge on any atom is -0.448 e. The summed E-state index contributed by atoms with van der Waals surface area (Å²) in [5.41, 5.74) is 0.878. The molecule has 5 rings (SSSR count). The van der Waals surface area contributed by atoms with E-state index in [4.69, 9.17) is 4.74 Å². The lowest BCUT2D eigenvalue weighted by Crippen LogP contribution is -2.28. The van der Waals surface area contributed by atoms with Gasteiger partial charge in [-0.2, -0.15) is 18.2 Å². The van der Waals surface area contributed by atoms with Gasteiger partial charge in [0.1, 0.15) is 5.82 Å². The second-order valence-electron chi connectivity index (χ2n) is 11.6. The van der Waals surface area contributed by atoms with Crippen molar-refractivity contribution in [3.8, 4) is 11.1 Å². The molecule has 0 bridgehead atoms. The maximum atomic E-state index is 13.3. The van der Waals surface area contributed by atoms with Crippen LogP contribution in [-0.4, -0.2) is 56.8 Å². The van der Waals surface area contributed by atoms with Gasteiger partial charge < -0.3 is 25.8 Å². The van der Waals surface area contributed by atoms with E-state index in [0.717, 1.165) is 12.1 Å². The van der Waals surface area contributed by atoms with Crippen LogP contribution in [0.1, 0.15) is 37.8 Å². The number of ether oxygens (including phenoxy) is 1. The summed E-state index contributed by atoms with van der Waals surface area (Å²) >= 11 is 0. The van der Waals surface area contributed by atoms with Crippen LogP contribution in [0.25, 0.3) is 11.1 Å². The van der Waals surface area contributed by atoms with Gasteiger partial charge in [-0.15, -0.1) is 4.36 Å². The van der Waals surface area contributed by atoms with Gasteiger partial charge in [-0.25, -0.2) is 14.0 Å². The number of carbonyl (C=O) groups excluding carboxylic acids is 2. The van der Waals surface area contributed by atoms with E-state index < -0.39 is 33.0 Å². The smallest absolute Gasteiger partial charge is 0.442 e. The van der Waals surface area contributed by atoms with E-state index in [-0.39, 0.29) is 31.1 Å².